The number of hydrogen-bond donors (Lipinski definition) is 1. The third kappa shape index (κ3) is 3.65. The number of aryl methyl sites for hydroxylation is 1. The smallest absolute Gasteiger partial charge is 0.287 e. The van der Waals surface area contributed by atoms with Crippen molar-refractivity contribution in [3.63, 3.8) is 0 Å². The molecule has 0 saturated carbocycles. The van der Waals surface area contributed by atoms with Gasteiger partial charge in [0.2, 0.25) is 5.89 Å². The van der Waals surface area contributed by atoms with Gasteiger partial charge in [-0.05, 0) is 24.3 Å². The molecule has 2 aromatic heterocycles. The summed E-state index contributed by atoms with van der Waals surface area (Å²) in [6, 6.07) is 10.7. The number of benzene rings is 1. The van der Waals surface area contributed by atoms with Crippen LogP contribution >= 0.6 is 11.6 Å². The van der Waals surface area contributed by atoms with Crippen molar-refractivity contribution < 1.29 is 13.7 Å². The average molecular weight is 346 g/mol. The minimum Gasteiger partial charge on any atom is -0.451 e. The molecule has 3 aromatic rings. The van der Waals surface area contributed by atoms with E-state index in [-0.39, 0.29) is 11.7 Å². The minimum absolute atomic E-state index is 0.227. The summed E-state index contributed by atoms with van der Waals surface area (Å²) in [5.41, 5.74) is 0.746. The summed E-state index contributed by atoms with van der Waals surface area (Å²) in [7, 11) is 0. The second kappa shape index (κ2) is 7.31. The Hall–Kier alpha value is -2.60. The maximum Gasteiger partial charge on any atom is 0.287 e. The van der Waals surface area contributed by atoms with Gasteiger partial charge in [0.25, 0.3) is 5.91 Å². The van der Waals surface area contributed by atoms with Crippen LogP contribution in [0.4, 0.5) is 0 Å². The Morgan fingerprint density at radius 2 is 2.08 bits per heavy atom. The van der Waals surface area contributed by atoms with Gasteiger partial charge in [0.05, 0.1) is 5.02 Å². The highest BCUT2D eigenvalue weighted by atomic mass is 35.5. The van der Waals surface area contributed by atoms with Crippen LogP contribution in [-0.4, -0.2) is 22.6 Å². The maximum absolute atomic E-state index is 12.1. The van der Waals surface area contributed by atoms with E-state index in [1.54, 1.807) is 18.2 Å². The second-order valence-electron chi connectivity index (χ2n) is 5.11. The van der Waals surface area contributed by atoms with Crippen molar-refractivity contribution in [3.8, 4) is 11.3 Å². The standard InChI is InChI=1S/C17H16ClN3O3/c1-2-15-20-16(24-21-15)9-10-19-17(22)14-8-7-13(23-14)11-5-3-4-6-12(11)18/h3-8H,2,9-10H2,1H3,(H,19,22). The molecule has 0 aliphatic rings. The monoisotopic (exact) mass is 345 g/mol. The van der Waals surface area contributed by atoms with Crippen LogP contribution in [-0.2, 0) is 12.8 Å². The van der Waals surface area contributed by atoms with E-state index in [2.05, 4.69) is 15.5 Å². The van der Waals surface area contributed by atoms with E-state index in [9.17, 15) is 4.79 Å². The molecule has 0 bridgehead atoms. The van der Waals surface area contributed by atoms with Gasteiger partial charge in [-0.3, -0.25) is 4.79 Å². The summed E-state index contributed by atoms with van der Waals surface area (Å²) in [6.45, 7) is 2.33. The lowest BCUT2D eigenvalue weighted by molar-refractivity contribution is 0.0926. The number of nitrogens with zero attached hydrogens (tertiary/aromatic N) is 2. The van der Waals surface area contributed by atoms with Crippen LogP contribution in [0.25, 0.3) is 11.3 Å². The van der Waals surface area contributed by atoms with E-state index in [1.165, 1.54) is 0 Å². The molecule has 24 heavy (non-hydrogen) atoms. The fourth-order valence-electron chi connectivity index (χ4n) is 2.17. The summed E-state index contributed by atoms with van der Waals surface area (Å²) in [4.78, 5) is 16.3. The summed E-state index contributed by atoms with van der Waals surface area (Å²) in [5, 5.41) is 7.14. The van der Waals surface area contributed by atoms with Crippen LogP contribution in [0, 0.1) is 0 Å². The SMILES string of the molecule is CCc1noc(CCNC(=O)c2ccc(-c3ccccc3Cl)o2)n1. The number of amides is 1. The third-order valence-corrected chi connectivity index (χ3v) is 3.75. The first-order valence-corrected chi connectivity index (χ1v) is 7.99. The van der Waals surface area contributed by atoms with Gasteiger partial charge in [-0.1, -0.05) is 35.8 Å². The molecule has 0 unspecified atom stereocenters. The molecule has 3 rings (SSSR count). The first kappa shape index (κ1) is 16.3. The zero-order chi connectivity index (χ0) is 16.9. The molecule has 0 atom stereocenters. The van der Waals surface area contributed by atoms with E-state index in [0.29, 0.717) is 41.9 Å². The summed E-state index contributed by atoms with van der Waals surface area (Å²) >= 11 is 6.13. The number of carbonyl (C=O) groups excluding carboxylic acids is 1. The first-order chi connectivity index (χ1) is 11.7. The number of hydrogen-bond acceptors (Lipinski definition) is 5. The molecule has 1 amide bonds. The van der Waals surface area contributed by atoms with E-state index >= 15 is 0 Å². The number of aromatic nitrogens is 2. The van der Waals surface area contributed by atoms with Gasteiger partial charge in [0, 0.05) is 24.9 Å². The third-order valence-electron chi connectivity index (χ3n) is 3.42. The Labute approximate surface area is 143 Å². The minimum atomic E-state index is -0.302. The Kier molecular flexibility index (Phi) is 4.96. The van der Waals surface area contributed by atoms with Gasteiger partial charge < -0.3 is 14.3 Å². The molecular formula is C17H16ClN3O3. The highest BCUT2D eigenvalue weighted by Crippen LogP contribution is 2.28. The lowest BCUT2D eigenvalue weighted by Gasteiger charge is -2.01. The van der Waals surface area contributed by atoms with Gasteiger partial charge in [0.1, 0.15) is 5.76 Å². The van der Waals surface area contributed by atoms with Crippen molar-refractivity contribution in [3.05, 3.63) is 58.9 Å². The Balaban J connectivity index is 1.59. The van der Waals surface area contributed by atoms with E-state index in [4.69, 9.17) is 20.5 Å². The molecule has 7 heteroatoms. The van der Waals surface area contributed by atoms with Crippen molar-refractivity contribution in [2.45, 2.75) is 19.8 Å². The van der Waals surface area contributed by atoms with Crippen LogP contribution in [0.2, 0.25) is 5.02 Å². The van der Waals surface area contributed by atoms with Gasteiger partial charge in [-0.15, -0.1) is 0 Å². The van der Waals surface area contributed by atoms with Gasteiger partial charge in [-0.2, -0.15) is 4.98 Å². The Bertz CT molecular complexity index is 841. The molecule has 0 aliphatic carbocycles. The summed E-state index contributed by atoms with van der Waals surface area (Å²) < 4.78 is 10.7. The highest BCUT2D eigenvalue weighted by molar-refractivity contribution is 6.33. The number of nitrogens with one attached hydrogen (secondary N) is 1. The normalized spacial score (nSPS) is 10.8. The predicted octanol–water partition coefficient (Wildman–Crippen LogP) is 3.52. The predicted molar refractivity (Wildman–Crippen MR) is 88.9 cm³/mol. The number of rotatable bonds is 6. The molecule has 124 valence electrons. The molecule has 0 fully saturated rings. The van der Waals surface area contributed by atoms with Crippen molar-refractivity contribution in [1.82, 2.24) is 15.5 Å². The topological polar surface area (TPSA) is 81.2 Å². The summed E-state index contributed by atoms with van der Waals surface area (Å²) in [5.74, 6) is 1.64. The maximum atomic E-state index is 12.1. The molecular weight excluding hydrogens is 330 g/mol. The molecule has 0 spiro atoms. The molecule has 1 aromatic carbocycles. The van der Waals surface area contributed by atoms with Crippen molar-refractivity contribution >= 4 is 17.5 Å². The average Bonchev–Trinajstić information content (AvgIpc) is 3.24. The molecule has 1 N–H and O–H groups in total. The van der Waals surface area contributed by atoms with E-state index in [0.717, 1.165) is 5.56 Å². The van der Waals surface area contributed by atoms with Gasteiger partial charge in [-0.25, -0.2) is 0 Å². The van der Waals surface area contributed by atoms with Crippen LogP contribution in [0.3, 0.4) is 0 Å². The fraction of sp³-hybridized carbons (Fsp3) is 0.235. The van der Waals surface area contributed by atoms with Crippen LogP contribution in [0.15, 0.2) is 45.3 Å². The molecule has 0 radical (unpaired) electrons. The zero-order valence-electron chi connectivity index (χ0n) is 13.1. The zero-order valence-corrected chi connectivity index (χ0v) is 13.8. The molecule has 0 aliphatic heterocycles. The van der Waals surface area contributed by atoms with Crippen molar-refractivity contribution in [1.29, 1.82) is 0 Å². The highest BCUT2D eigenvalue weighted by Gasteiger charge is 2.14. The quantitative estimate of drug-likeness (QED) is 0.739. The number of furan rings is 1. The fourth-order valence-corrected chi connectivity index (χ4v) is 2.40. The Morgan fingerprint density at radius 3 is 2.83 bits per heavy atom. The van der Waals surface area contributed by atoms with Gasteiger partial charge >= 0.3 is 0 Å². The van der Waals surface area contributed by atoms with Crippen molar-refractivity contribution in [2.24, 2.45) is 0 Å². The molecule has 0 saturated heterocycles. The lowest BCUT2D eigenvalue weighted by atomic mass is 10.2. The largest absolute Gasteiger partial charge is 0.451 e. The lowest BCUT2D eigenvalue weighted by Crippen LogP contribution is -2.25. The van der Waals surface area contributed by atoms with Gasteiger partial charge in [0.15, 0.2) is 11.6 Å². The van der Waals surface area contributed by atoms with Crippen LogP contribution in [0.5, 0.6) is 0 Å². The van der Waals surface area contributed by atoms with E-state index < -0.39 is 0 Å². The first-order valence-electron chi connectivity index (χ1n) is 7.61. The summed E-state index contributed by atoms with van der Waals surface area (Å²) in [6.07, 6.45) is 1.18. The Morgan fingerprint density at radius 1 is 1.25 bits per heavy atom. The van der Waals surface area contributed by atoms with Crippen LogP contribution < -0.4 is 5.32 Å². The van der Waals surface area contributed by atoms with E-state index in [1.807, 2.05) is 25.1 Å². The number of carbonyl (C=O) groups is 1. The van der Waals surface area contributed by atoms with Crippen molar-refractivity contribution in [2.75, 3.05) is 6.54 Å². The number of halogens is 1. The molecule has 6 nitrogen and oxygen atoms in total. The second-order valence-corrected chi connectivity index (χ2v) is 5.51. The molecule has 2 heterocycles. The van der Waals surface area contributed by atoms with Crippen LogP contribution in [0.1, 0.15) is 29.2 Å².